The van der Waals surface area contributed by atoms with Crippen molar-refractivity contribution >= 4 is 0 Å². The Morgan fingerprint density at radius 1 is 0.433 bits per heavy atom. The molecular weight excluding hydrogens is 368 g/mol. The van der Waals surface area contributed by atoms with Crippen LogP contribution in [0.4, 0.5) is 0 Å². The van der Waals surface area contributed by atoms with Gasteiger partial charge in [0, 0.05) is 13.2 Å². The molecular formula is C28H58O2. The minimum Gasteiger partial charge on any atom is -0.379 e. The van der Waals surface area contributed by atoms with E-state index in [0.717, 1.165) is 19.8 Å². The largest absolute Gasteiger partial charge is 0.379 e. The van der Waals surface area contributed by atoms with Gasteiger partial charge in [0.15, 0.2) is 0 Å². The molecule has 1 unspecified atom stereocenters. The van der Waals surface area contributed by atoms with E-state index in [0.29, 0.717) is 6.10 Å². The Morgan fingerprint density at radius 2 is 0.833 bits per heavy atom. The van der Waals surface area contributed by atoms with Gasteiger partial charge in [-0.05, 0) is 19.3 Å². The Balaban J connectivity index is 3.69. The van der Waals surface area contributed by atoms with Crippen LogP contribution in [0, 0.1) is 0 Å². The summed E-state index contributed by atoms with van der Waals surface area (Å²) in [7, 11) is 0. The van der Waals surface area contributed by atoms with Crippen LogP contribution in [0.15, 0.2) is 0 Å². The summed E-state index contributed by atoms with van der Waals surface area (Å²) >= 11 is 0. The summed E-state index contributed by atoms with van der Waals surface area (Å²) < 4.78 is 12.2. The highest BCUT2D eigenvalue weighted by atomic mass is 16.5. The molecule has 0 rings (SSSR count). The predicted molar refractivity (Wildman–Crippen MR) is 135 cm³/mol. The molecule has 0 heterocycles. The van der Waals surface area contributed by atoms with Crippen LogP contribution in [0.25, 0.3) is 0 Å². The molecule has 0 fully saturated rings. The second-order valence-corrected chi connectivity index (χ2v) is 9.37. The van der Waals surface area contributed by atoms with E-state index < -0.39 is 0 Å². The zero-order valence-corrected chi connectivity index (χ0v) is 21.4. The summed E-state index contributed by atoms with van der Waals surface area (Å²) in [6.45, 7) is 9.50. The third-order valence-corrected chi connectivity index (χ3v) is 6.18. The quantitative estimate of drug-likeness (QED) is 0.128. The first-order valence-corrected chi connectivity index (χ1v) is 14.0. The smallest absolute Gasteiger partial charge is 0.0808 e. The van der Waals surface area contributed by atoms with Crippen molar-refractivity contribution in [2.45, 2.75) is 162 Å². The second-order valence-electron chi connectivity index (χ2n) is 9.37. The summed E-state index contributed by atoms with van der Waals surface area (Å²) in [6, 6.07) is 0. The first-order chi connectivity index (χ1) is 14.8. The van der Waals surface area contributed by atoms with Gasteiger partial charge in [-0.2, -0.15) is 0 Å². The van der Waals surface area contributed by atoms with Crippen LogP contribution in [0.2, 0.25) is 0 Å². The summed E-state index contributed by atoms with van der Waals surface area (Å²) in [6.07, 6.45) is 28.6. The highest BCUT2D eigenvalue weighted by Crippen LogP contribution is 2.13. The lowest BCUT2D eigenvalue weighted by atomic mass is 10.1. The van der Waals surface area contributed by atoms with E-state index in [1.807, 2.05) is 0 Å². The normalized spacial score (nSPS) is 12.5. The highest BCUT2D eigenvalue weighted by Gasteiger charge is 2.09. The Bertz CT molecular complexity index is 292. The molecule has 0 aromatic heterocycles. The van der Waals surface area contributed by atoms with Crippen molar-refractivity contribution in [2.24, 2.45) is 0 Å². The van der Waals surface area contributed by atoms with Crippen molar-refractivity contribution in [1.82, 2.24) is 0 Å². The molecule has 1 atom stereocenters. The van der Waals surface area contributed by atoms with E-state index in [-0.39, 0.29) is 0 Å². The Kier molecular flexibility index (Phi) is 26.9. The topological polar surface area (TPSA) is 18.5 Å². The van der Waals surface area contributed by atoms with Crippen LogP contribution in [0.1, 0.15) is 156 Å². The number of ether oxygens (including phenoxy) is 2. The van der Waals surface area contributed by atoms with Gasteiger partial charge in [-0.1, -0.05) is 136 Å². The molecule has 182 valence electrons. The Labute approximate surface area is 191 Å². The van der Waals surface area contributed by atoms with Crippen molar-refractivity contribution in [3.63, 3.8) is 0 Å². The van der Waals surface area contributed by atoms with Gasteiger partial charge in [-0.3, -0.25) is 0 Å². The number of hydrogen-bond acceptors (Lipinski definition) is 2. The van der Waals surface area contributed by atoms with Gasteiger partial charge in [-0.15, -0.1) is 0 Å². The fraction of sp³-hybridized carbons (Fsp3) is 1.00. The second kappa shape index (κ2) is 27.0. The summed E-state index contributed by atoms with van der Waals surface area (Å²) in [5, 5.41) is 0. The SMILES string of the molecule is CCCCCCCCCCOCC(CCCCCC)OCCCCCCCCCC. The number of hydrogen-bond donors (Lipinski definition) is 0. The molecule has 0 aromatic rings. The zero-order chi connectivity index (χ0) is 22.0. The number of unbranched alkanes of at least 4 members (excludes halogenated alkanes) is 17. The molecule has 30 heavy (non-hydrogen) atoms. The van der Waals surface area contributed by atoms with Gasteiger partial charge < -0.3 is 9.47 Å². The van der Waals surface area contributed by atoms with Gasteiger partial charge in [-0.25, -0.2) is 0 Å². The first kappa shape index (κ1) is 29.9. The minimum absolute atomic E-state index is 0.320. The van der Waals surface area contributed by atoms with E-state index in [1.165, 1.54) is 135 Å². The van der Waals surface area contributed by atoms with Gasteiger partial charge in [0.25, 0.3) is 0 Å². The average Bonchev–Trinajstić information content (AvgIpc) is 2.76. The van der Waals surface area contributed by atoms with Crippen LogP contribution < -0.4 is 0 Å². The molecule has 0 aliphatic carbocycles. The van der Waals surface area contributed by atoms with Crippen molar-refractivity contribution in [1.29, 1.82) is 0 Å². The van der Waals surface area contributed by atoms with Crippen molar-refractivity contribution in [3.05, 3.63) is 0 Å². The molecule has 0 aliphatic rings. The molecule has 0 N–H and O–H groups in total. The summed E-state index contributed by atoms with van der Waals surface area (Å²) in [5.74, 6) is 0. The maximum absolute atomic E-state index is 6.23. The van der Waals surface area contributed by atoms with Gasteiger partial charge in [0.2, 0.25) is 0 Å². The number of rotatable bonds is 26. The highest BCUT2D eigenvalue weighted by molar-refractivity contribution is 4.59. The maximum Gasteiger partial charge on any atom is 0.0808 e. The third-order valence-electron chi connectivity index (χ3n) is 6.18. The van der Waals surface area contributed by atoms with E-state index in [4.69, 9.17) is 9.47 Å². The Morgan fingerprint density at radius 3 is 1.33 bits per heavy atom. The molecule has 0 spiro atoms. The molecule has 0 saturated carbocycles. The molecule has 0 aliphatic heterocycles. The van der Waals surface area contributed by atoms with E-state index in [9.17, 15) is 0 Å². The molecule has 0 bridgehead atoms. The van der Waals surface area contributed by atoms with Gasteiger partial charge in [0.1, 0.15) is 0 Å². The van der Waals surface area contributed by atoms with E-state index in [2.05, 4.69) is 20.8 Å². The predicted octanol–water partition coefficient (Wildman–Crippen LogP) is 9.64. The van der Waals surface area contributed by atoms with Crippen molar-refractivity contribution < 1.29 is 9.47 Å². The maximum atomic E-state index is 6.23. The van der Waals surface area contributed by atoms with Crippen LogP contribution in [-0.4, -0.2) is 25.9 Å². The van der Waals surface area contributed by atoms with Crippen LogP contribution in [0.5, 0.6) is 0 Å². The summed E-state index contributed by atoms with van der Waals surface area (Å²) in [4.78, 5) is 0. The van der Waals surface area contributed by atoms with Crippen LogP contribution in [0.3, 0.4) is 0 Å². The molecule has 2 nitrogen and oxygen atoms in total. The zero-order valence-electron chi connectivity index (χ0n) is 21.4. The van der Waals surface area contributed by atoms with Crippen molar-refractivity contribution in [2.75, 3.05) is 19.8 Å². The average molecular weight is 427 g/mol. The fourth-order valence-electron chi connectivity index (χ4n) is 4.05. The molecule has 0 saturated heterocycles. The molecule has 0 aromatic carbocycles. The third kappa shape index (κ3) is 24.2. The molecule has 2 heteroatoms. The Hall–Kier alpha value is -0.0800. The van der Waals surface area contributed by atoms with E-state index in [1.54, 1.807) is 0 Å². The lowest BCUT2D eigenvalue weighted by Crippen LogP contribution is -2.21. The van der Waals surface area contributed by atoms with E-state index >= 15 is 0 Å². The van der Waals surface area contributed by atoms with Crippen LogP contribution >= 0.6 is 0 Å². The lowest BCUT2D eigenvalue weighted by Gasteiger charge is -2.18. The van der Waals surface area contributed by atoms with Crippen molar-refractivity contribution in [3.8, 4) is 0 Å². The standard InChI is InChI=1S/C28H58O2/c1-4-7-10-13-15-17-19-22-25-29-27-28(24-21-12-9-6-3)30-26-23-20-18-16-14-11-8-5-2/h28H,4-27H2,1-3H3. The molecule has 0 radical (unpaired) electrons. The summed E-state index contributed by atoms with van der Waals surface area (Å²) in [5.41, 5.74) is 0. The van der Waals surface area contributed by atoms with Crippen LogP contribution in [-0.2, 0) is 9.47 Å². The monoisotopic (exact) mass is 426 g/mol. The fourth-order valence-corrected chi connectivity index (χ4v) is 4.05. The lowest BCUT2D eigenvalue weighted by molar-refractivity contribution is -0.0234. The minimum atomic E-state index is 0.320. The first-order valence-electron chi connectivity index (χ1n) is 14.0. The van der Waals surface area contributed by atoms with Gasteiger partial charge in [0.05, 0.1) is 12.7 Å². The molecule has 0 amide bonds. The van der Waals surface area contributed by atoms with Gasteiger partial charge >= 0.3 is 0 Å².